The lowest BCUT2D eigenvalue weighted by atomic mass is 9.91. The highest BCUT2D eigenvalue weighted by molar-refractivity contribution is 7.88. The second kappa shape index (κ2) is 7.48. The summed E-state index contributed by atoms with van der Waals surface area (Å²) < 4.78 is 44.8. The summed E-state index contributed by atoms with van der Waals surface area (Å²) in [6.45, 7) is 5.20. The summed E-state index contributed by atoms with van der Waals surface area (Å²) >= 11 is 0. The van der Waals surface area contributed by atoms with Crippen molar-refractivity contribution in [2.75, 3.05) is 32.5 Å². The highest BCUT2D eigenvalue weighted by Gasteiger charge is 2.42. The first-order valence-electron chi connectivity index (χ1n) is 9.22. The molecular weight excluding hydrogens is 371 g/mol. The lowest BCUT2D eigenvalue weighted by Gasteiger charge is -2.47. The van der Waals surface area contributed by atoms with Crippen molar-refractivity contribution in [2.45, 2.75) is 38.3 Å². The van der Waals surface area contributed by atoms with E-state index >= 15 is 0 Å². The normalized spacial score (nSPS) is 24.7. The van der Waals surface area contributed by atoms with Gasteiger partial charge in [-0.1, -0.05) is 18.2 Å². The summed E-state index contributed by atoms with van der Waals surface area (Å²) in [5.41, 5.74) is -0.0370. The zero-order chi connectivity index (χ0) is 19.8. The molecule has 1 atom stereocenters. The molecule has 0 aromatic heterocycles. The van der Waals surface area contributed by atoms with Crippen molar-refractivity contribution >= 4 is 15.9 Å². The van der Waals surface area contributed by atoms with Gasteiger partial charge in [0, 0.05) is 24.6 Å². The van der Waals surface area contributed by atoms with Crippen LogP contribution in [0.25, 0.3) is 0 Å². The van der Waals surface area contributed by atoms with E-state index in [1.54, 1.807) is 23.1 Å². The molecule has 0 spiro atoms. The molecule has 2 fully saturated rings. The Labute approximate surface area is 160 Å². The molecule has 0 aliphatic carbocycles. The van der Waals surface area contributed by atoms with Crippen molar-refractivity contribution in [2.24, 2.45) is 5.92 Å². The molecular formula is C19H27FN2O4S. The third-order valence-corrected chi connectivity index (χ3v) is 6.81. The number of hydrogen-bond donors (Lipinski definition) is 0. The van der Waals surface area contributed by atoms with Gasteiger partial charge in [-0.2, -0.15) is 0 Å². The zero-order valence-electron chi connectivity index (χ0n) is 16.0. The van der Waals surface area contributed by atoms with Crippen LogP contribution in [0.1, 0.15) is 38.4 Å². The Morgan fingerprint density at radius 1 is 1.22 bits per heavy atom. The topological polar surface area (TPSA) is 66.9 Å². The maximum Gasteiger partial charge on any atom is 0.226 e. The fourth-order valence-corrected chi connectivity index (χ4v) is 4.69. The number of carbonyl (C=O) groups is 1. The van der Waals surface area contributed by atoms with Gasteiger partial charge in [-0.25, -0.2) is 17.1 Å². The van der Waals surface area contributed by atoms with Crippen molar-refractivity contribution in [3.8, 4) is 0 Å². The van der Waals surface area contributed by atoms with Crippen molar-refractivity contribution in [3.05, 3.63) is 35.6 Å². The number of hydrogen-bond acceptors (Lipinski definition) is 4. The molecule has 1 aromatic rings. The fraction of sp³-hybridized carbons (Fsp3) is 0.632. The molecule has 0 N–H and O–H groups in total. The van der Waals surface area contributed by atoms with Crippen molar-refractivity contribution < 1.29 is 22.3 Å². The molecule has 2 heterocycles. The number of sulfonamides is 1. The number of amides is 1. The van der Waals surface area contributed by atoms with E-state index in [1.807, 2.05) is 13.8 Å². The molecule has 1 amide bonds. The van der Waals surface area contributed by atoms with Gasteiger partial charge in [0.15, 0.2) is 0 Å². The Morgan fingerprint density at radius 3 is 2.44 bits per heavy atom. The number of benzene rings is 1. The van der Waals surface area contributed by atoms with E-state index < -0.39 is 21.7 Å². The maximum absolute atomic E-state index is 14.2. The molecule has 150 valence electrons. The van der Waals surface area contributed by atoms with Gasteiger partial charge in [0.2, 0.25) is 15.9 Å². The van der Waals surface area contributed by atoms with E-state index in [4.69, 9.17) is 4.74 Å². The summed E-state index contributed by atoms with van der Waals surface area (Å²) in [5, 5.41) is 0. The lowest BCUT2D eigenvalue weighted by Crippen LogP contribution is -2.58. The molecule has 2 saturated heterocycles. The van der Waals surface area contributed by atoms with Gasteiger partial charge in [-0.3, -0.25) is 4.79 Å². The standard InChI is InChI=1S/C19H27FN2O4S/c1-19(2)13-26-17(15-6-4-5-7-16(15)20)12-22(19)18(23)14-8-10-21(11-9-14)27(3,24)25/h4-7,14,17H,8-13H2,1-3H3. The smallest absolute Gasteiger partial charge is 0.226 e. The molecule has 8 heteroatoms. The number of halogens is 1. The van der Waals surface area contributed by atoms with Crippen LogP contribution in [0.15, 0.2) is 24.3 Å². The molecule has 0 radical (unpaired) electrons. The zero-order valence-corrected chi connectivity index (χ0v) is 16.8. The van der Waals surface area contributed by atoms with Crippen molar-refractivity contribution in [3.63, 3.8) is 0 Å². The Bertz CT molecular complexity index is 804. The Morgan fingerprint density at radius 2 is 1.85 bits per heavy atom. The quantitative estimate of drug-likeness (QED) is 0.783. The highest BCUT2D eigenvalue weighted by atomic mass is 32.2. The van der Waals surface area contributed by atoms with Crippen LogP contribution in [0.5, 0.6) is 0 Å². The van der Waals surface area contributed by atoms with Crippen molar-refractivity contribution in [1.82, 2.24) is 9.21 Å². The van der Waals surface area contributed by atoms with Gasteiger partial charge in [0.05, 0.1) is 24.9 Å². The first-order chi connectivity index (χ1) is 12.6. The molecule has 2 aliphatic heterocycles. The molecule has 1 aromatic carbocycles. The lowest BCUT2D eigenvalue weighted by molar-refractivity contribution is -0.160. The average molecular weight is 399 g/mol. The molecule has 27 heavy (non-hydrogen) atoms. The fourth-order valence-electron chi connectivity index (χ4n) is 3.82. The maximum atomic E-state index is 14.2. The number of morpholine rings is 1. The minimum absolute atomic E-state index is 0.00205. The first-order valence-corrected chi connectivity index (χ1v) is 11.1. The first kappa shape index (κ1) is 20.2. The third kappa shape index (κ3) is 4.33. The van der Waals surface area contributed by atoms with Crippen LogP contribution < -0.4 is 0 Å². The summed E-state index contributed by atoms with van der Waals surface area (Å²) in [7, 11) is -3.23. The predicted octanol–water partition coefficient (Wildman–Crippen LogP) is 2.18. The minimum Gasteiger partial charge on any atom is -0.369 e. The summed E-state index contributed by atoms with van der Waals surface area (Å²) in [5.74, 6) is -0.560. The SMILES string of the molecule is CC1(C)COC(c2ccccc2F)CN1C(=O)C1CCN(S(C)(=O)=O)CC1. The minimum atomic E-state index is -3.23. The van der Waals surface area contributed by atoms with Crippen LogP contribution >= 0.6 is 0 Å². The Hall–Kier alpha value is -1.51. The largest absolute Gasteiger partial charge is 0.369 e. The molecule has 0 saturated carbocycles. The Kier molecular flexibility index (Phi) is 5.61. The van der Waals surface area contributed by atoms with E-state index in [9.17, 15) is 17.6 Å². The summed E-state index contributed by atoms with van der Waals surface area (Å²) in [6, 6.07) is 6.47. The van der Waals surface area contributed by atoms with Gasteiger partial charge < -0.3 is 9.64 Å². The van der Waals surface area contributed by atoms with Crippen LogP contribution in [0.4, 0.5) is 4.39 Å². The molecule has 6 nitrogen and oxygen atoms in total. The number of piperidine rings is 1. The second-order valence-corrected chi connectivity index (χ2v) is 10.0. The second-order valence-electron chi connectivity index (χ2n) is 8.02. The number of rotatable bonds is 3. The predicted molar refractivity (Wildman–Crippen MR) is 100 cm³/mol. The van der Waals surface area contributed by atoms with Crippen LogP contribution in [0.2, 0.25) is 0 Å². The van der Waals surface area contributed by atoms with Gasteiger partial charge in [-0.05, 0) is 32.8 Å². The van der Waals surface area contributed by atoms with E-state index in [1.165, 1.54) is 16.6 Å². The number of ether oxygens (including phenoxy) is 1. The number of nitrogens with zero attached hydrogens (tertiary/aromatic N) is 2. The molecule has 3 rings (SSSR count). The van der Waals surface area contributed by atoms with Crippen LogP contribution in [0, 0.1) is 11.7 Å². The van der Waals surface area contributed by atoms with Crippen LogP contribution in [-0.4, -0.2) is 61.6 Å². The van der Waals surface area contributed by atoms with Gasteiger partial charge in [0.25, 0.3) is 0 Å². The molecule has 0 bridgehead atoms. The van der Waals surface area contributed by atoms with Crippen molar-refractivity contribution in [1.29, 1.82) is 0 Å². The number of carbonyl (C=O) groups excluding carboxylic acids is 1. The third-order valence-electron chi connectivity index (χ3n) is 5.51. The van der Waals surface area contributed by atoms with Crippen LogP contribution in [-0.2, 0) is 19.6 Å². The Balaban J connectivity index is 1.73. The van der Waals surface area contributed by atoms with Gasteiger partial charge in [-0.15, -0.1) is 0 Å². The molecule has 1 unspecified atom stereocenters. The van der Waals surface area contributed by atoms with Crippen LogP contribution in [0.3, 0.4) is 0 Å². The molecule has 2 aliphatic rings. The van der Waals surface area contributed by atoms with E-state index in [2.05, 4.69) is 0 Å². The van der Waals surface area contributed by atoms with Gasteiger partial charge >= 0.3 is 0 Å². The monoisotopic (exact) mass is 398 g/mol. The average Bonchev–Trinajstić information content (AvgIpc) is 2.61. The van der Waals surface area contributed by atoms with E-state index in [0.717, 1.165) is 0 Å². The van der Waals surface area contributed by atoms with E-state index in [0.29, 0.717) is 44.6 Å². The summed E-state index contributed by atoms with van der Waals surface area (Å²) in [4.78, 5) is 15.0. The van der Waals surface area contributed by atoms with Gasteiger partial charge in [0.1, 0.15) is 11.9 Å². The van der Waals surface area contributed by atoms with E-state index in [-0.39, 0.29) is 17.6 Å². The highest BCUT2D eigenvalue weighted by Crippen LogP contribution is 2.34. The summed E-state index contributed by atoms with van der Waals surface area (Å²) in [6.07, 6.45) is 1.70.